The van der Waals surface area contributed by atoms with Gasteiger partial charge in [-0.05, 0) is 56.5 Å². The summed E-state index contributed by atoms with van der Waals surface area (Å²) in [6.07, 6.45) is 2.51. The number of nitrogens with zero attached hydrogens (tertiary/aromatic N) is 3. The molecule has 0 atom stereocenters. The van der Waals surface area contributed by atoms with Crippen molar-refractivity contribution < 1.29 is 19.1 Å². The smallest absolute Gasteiger partial charge is 0.341 e. The van der Waals surface area contributed by atoms with Crippen LogP contribution in [0.3, 0.4) is 0 Å². The molecule has 1 aromatic carbocycles. The first kappa shape index (κ1) is 26.5. The third-order valence-corrected chi connectivity index (χ3v) is 7.33. The van der Waals surface area contributed by atoms with Crippen molar-refractivity contribution in [3.8, 4) is 5.75 Å². The number of hydrogen-bond acceptors (Lipinski definition) is 8. The monoisotopic (exact) mass is 514 g/mol. The molecule has 35 heavy (non-hydrogen) atoms. The van der Waals surface area contributed by atoms with Gasteiger partial charge < -0.3 is 14.8 Å². The number of rotatable bonds is 12. The molecule has 0 aliphatic heterocycles. The van der Waals surface area contributed by atoms with E-state index >= 15 is 0 Å². The minimum Gasteiger partial charge on any atom is -0.486 e. The number of carbonyl (C=O) groups excluding carboxylic acids is 2. The minimum atomic E-state index is -0.439. The predicted octanol–water partition coefficient (Wildman–Crippen LogP) is 5.19. The normalized spacial score (nSPS) is 10.7. The van der Waals surface area contributed by atoms with Crippen LogP contribution in [-0.2, 0) is 29.1 Å². The highest BCUT2D eigenvalue weighted by molar-refractivity contribution is 7.99. The van der Waals surface area contributed by atoms with E-state index in [0.29, 0.717) is 28.1 Å². The zero-order chi connectivity index (χ0) is 25.4. The molecule has 0 spiro atoms. The summed E-state index contributed by atoms with van der Waals surface area (Å²) >= 11 is 2.64. The number of nitrogens with one attached hydrogen (secondary N) is 1. The van der Waals surface area contributed by atoms with Crippen molar-refractivity contribution in [1.29, 1.82) is 0 Å². The third-order valence-electron chi connectivity index (χ3n) is 5.16. The number of thiophene rings is 1. The fourth-order valence-electron chi connectivity index (χ4n) is 3.16. The average molecular weight is 515 g/mol. The highest BCUT2D eigenvalue weighted by Gasteiger charge is 2.20. The molecule has 0 saturated heterocycles. The van der Waals surface area contributed by atoms with Gasteiger partial charge in [-0.15, -0.1) is 28.1 Å². The third kappa shape index (κ3) is 6.95. The Labute approximate surface area is 213 Å². The van der Waals surface area contributed by atoms with Crippen LogP contribution in [-0.4, -0.2) is 39.0 Å². The van der Waals surface area contributed by atoms with Crippen LogP contribution in [0.5, 0.6) is 5.75 Å². The van der Waals surface area contributed by atoms with Crippen LogP contribution in [0.2, 0.25) is 0 Å². The minimum absolute atomic E-state index is 0.106. The summed E-state index contributed by atoms with van der Waals surface area (Å²) in [6.45, 7) is 12.7. The molecule has 1 amide bonds. The van der Waals surface area contributed by atoms with Gasteiger partial charge >= 0.3 is 5.97 Å². The number of aryl methyl sites for hydroxylation is 3. The number of allylic oxidation sites excluding steroid dienone is 1. The van der Waals surface area contributed by atoms with E-state index < -0.39 is 5.97 Å². The van der Waals surface area contributed by atoms with Crippen molar-refractivity contribution in [3.63, 3.8) is 0 Å². The van der Waals surface area contributed by atoms with Crippen molar-refractivity contribution in [2.75, 3.05) is 17.7 Å². The number of carbonyl (C=O) groups is 2. The van der Waals surface area contributed by atoms with E-state index in [9.17, 15) is 9.59 Å². The zero-order valence-electron chi connectivity index (χ0n) is 20.4. The largest absolute Gasteiger partial charge is 0.486 e. The van der Waals surface area contributed by atoms with E-state index in [1.807, 2.05) is 36.6 Å². The lowest BCUT2D eigenvalue weighted by molar-refractivity contribution is -0.113. The Hall–Kier alpha value is -3.11. The number of anilines is 1. The van der Waals surface area contributed by atoms with Crippen molar-refractivity contribution in [2.24, 2.45) is 0 Å². The van der Waals surface area contributed by atoms with Gasteiger partial charge in [0.25, 0.3) is 0 Å². The number of thioether (sulfide) groups is 1. The van der Waals surface area contributed by atoms with Crippen molar-refractivity contribution in [2.45, 2.75) is 52.4 Å². The number of esters is 1. The maximum Gasteiger partial charge on any atom is 0.341 e. The molecule has 0 fully saturated rings. The van der Waals surface area contributed by atoms with E-state index in [1.165, 1.54) is 28.7 Å². The lowest BCUT2D eigenvalue weighted by Gasteiger charge is -2.10. The van der Waals surface area contributed by atoms with Gasteiger partial charge in [0.2, 0.25) is 5.91 Å². The Bertz CT molecular complexity index is 1200. The van der Waals surface area contributed by atoms with E-state index in [1.54, 1.807) is 19.1 Å². The number of amides is 1. The van der Waals surface area contributed by atoms with Gasteiger partial charge in [-0.2, -0.15) is 0 Å². The molecule has 0 radical (unpaired) electrons. The highest BCUT2D eigenvalue weighted by Crippen LogP contribution is 2.30. The molecular weight excluding hydrogens is 484 g/mol. The summed E-state index contributed by atoms with van der Waals surface area (Å²) in [7, 11) is 0. The number of aromatic nitrogens is 3. The fraction of sp³-hybridized carbons (Fsp3) is 0.360. The second-order valence-corrected chi connectivity index (χ2v) is 9.78. The Kier molecular flexibility index (Phi) is 9.50. The van der Waals surface area contributed by atoms with Crippen LogP contribution in [0, 0.1) is 13.8 Å². The summed E-state index contributed by atoms with van der Waals surface area (Å²) in [5.41, 5.74) is 2.74. The van der Waals surface area contributed by atoms with Gasteiger partial charge in [-0.3, -0.25) is 9.36 Å². The molecular formula is C25H30N4O4S2. The number of hydrogen-bond donors (Lipinski definition) is 1. The Morgan fingerprint density at radius 3 is 2.69 bits per heavy atom. The van der Waals surface area contributed by atoms with E-state index in [0.717, 1.165) is 22.6 Å². The van der Waals surface area contributed by atoms with E-state index in [4.69, 9.17) is 9.47 Å². The van der Waals surface area contributed by atoms with Crippen LogP contribution < -0.4 is 10.1 Å². The van der Waals surface area contributed by atoms with Crippen molar-refractivity contribution in [3.05, 3.63) is 64.3 Å². The summed E-state index contributed by atoms with van der Waals surface area (Å²) in [5, 5.41) is 12.4. The summed E-state index contributed by atoms with van der Waals surface area (Å²) in [4.78, 5) is 25.9. The first-order valence-electron chi connectivity index (χ1n) is 11.3. The first-order valence-corrected chi connectivity index (χ1v) is 13.1. The molecule has 2 aromatic heterocycles. The second-order valence-electron chi connectivity index (χ2n) is 7.70. The molecule has 10 heteroatoms. The molecule has 0 aliphatic carbocycles. The molecule has 0 unspecified atom stereocenters. The highest BCUT2D eigenvalue weighted by atomic mass is 32.2. The summed E-state index contributed by atoms with van der Waals surface area (Å²) in [5.74, 6) is 0.822. The van der Waals surface area contributed by atoms with Crippen LogP contribution >= 0.6 is 23.1 Å². The van der Waals surface area contributed by atoms with Crippen LogP contribution in [0.25, 0.3) is 0 Å². The second kappa shape index (κ2) is 12.6. The van der Waals surface area contributed by atoms with Crippen LogP contribution in [0.1, 0.15) is 46.0 Å². The van der Waals surface area contributed by atoms with E-state index in [-0.39, 0.29) is 24.9 Å². The van der Waals surface area contributed by atoms with Crippen LogP contribution in [0.4, 0.5) is 5.00 Å². The molecule has 0 bridgehead atoms. The average Bonchev–Trinajstić information content (AvgIpc) is 3.42. The maximum absolute atomic E-state index is 12.7. The Morgan fingerprint density at radius 2 is 2.00 bits per heavy atom. The lowest BCUT2D eigenvalue weighted by atomic mass is 10.1. The quantitative estimate of drug-likeness (QED) is 0.202. The molecule has 0 aliphatic rings. The molecule has 186 valence electrons. The summed E-state index contributed by atoms with van der Waals surface area (Å²) < 4.78 is 12.9. The van der Waals surface area contributed by atoms with Gasteiger partial charge in [0.1, 0.15) is 17.4 Å². The van der Waals surface area contributed by atoms with Gasteiger partial charge in [0, 0.05) is 11.4 Å². The number of ether oxygens (including phenoxy) is 2. The van der Waals surface area contributed by atoms with Gasteiger partial charge in [0.15, 0.2) is 11.0 Å². The van der Waals surface area contributed by atoms with Gasteiger partial charge in [0.05, 0.1) is 17.9 Å². The van der Waals surface area contributed by atoms with Crippen molar-refractivity contribution in [1.82, 2.24) is 14.8 Å². The van der Waals surface area contributed by atoms with Crippen LogP contribution in [0.15, 0.2) is 42.1 Å². The van der Waals surface area contributed by atoms with Crippen molar-refractivity contribution >= 4 is 40.0 Å². The predicted molar refractivity (Wildman–Crippen MR) is 139 cm³/mol. The molecule has 3 aromatic rings. The molecule has 1 N–H and O–H groups in total. The first-order chi connectivity index (χ1) is 16.9. The molecule has 3 rings (SSSR count). The zero-order valence-corrected chi connectivity index (χ0v) is 22.1. The van der Waals surface area contributed by atoms with Gasteiger partial charge in [-0.1, -0.05) is 30.8 Å². The van der Waals surface area contributed by atoms with E-state index in [2.05, 4.69) is 29.0 Å². The summed E-state index contributed by atoms with van der Waals surface area (Å²) in [6, 6.07) is 7.70. The molecule has 0 saturated carbocycles. The molecule has 8 nitrogen and oxygen atoms in total. The maximum atomic E-state index is 12.7. The topological polar surface area (TPSA) is 95.3 Å². The molecule has 2 heterocycles. The Morgan fingerprint density at radius 1 is 1.20 bits per heavy atom. The standard InChI is InChI=1S/C25H30N4O4S2/c1-6-11-29-21(14-33-18-10-9-16(4)17(5)12-18)27-28-25(29)34-15-22(30)26-23-20(24(31)32-8-3)13-19(7-2)35-23/h6,9-10,12-13H,1,7-8,11,14-15H2,2-5H3,(H,26,30). The lowest BCUT2D eigenvalue weighted by Crippen LogP contribution is -2.16. The number of benzene rings is 1. The fourth-order valence-corrected chi connectivity index (χ4v) is 4.93. The Balaban J connectivity index is 1.65. The SMILES string of the molecule is C=CCn1c(COc2ccc(C)c(C)c2)nnc1SCC(=O)Nc1sc(CC)cc1C(=O)OCC. The van der Waals surface area contributed by atoms with Gasteiger partial charge in [-0.25, -0.2) is 4.79 Å².